The second-order valence-corrected chi connectivity index (χ2v) is 7.13. The Kier molecular flexibility index (Phi) is 9.78. The summed E-state index contributed by atoms with van der Waals surface area (Å²) < 4.78 is 11.5. The number of aryl methyl sites for hydroxylation is 1. The molecule has 0 heterocycles. The lowest BCUT2D eigenvalue weighted by atomic mass is 10.1. The van der Waals surface area contributed by atoms with E-state index in [9.17, 15) is 0 Å². The molecule has 0 aromatic heterocycles. The molecule has 0 saturated carbocycles. The number of rotatable bonds is 13. The van der Waals surface area contributed by atoms with E-state index in [1.807, 2.05) is 6.07 Å². The van der Waals surface area contributed by atoms with Crippen molar-refractivity contribution in [2.75, 3.05) is 13.7 Å². The smallest absolute Gasteiger partial charge is 0.161 e. The fraction of sp³-hybridized carbons (Fsp3) is 0.500. The molecule has 2 aromatic carbocycles. The molecule has 1 N–H and O–H groups in total. The average molecular weight is 370 g/mol. The molecular formula is C24H35NO2. The van der Waals surface area contributed by atoms with Crippen LogP contribution in [-0.2, 0) is 13.1 Å². The number of nitrogens with one attached hydrogen (secondary N) is 1. The van der Waals surface area contributed by atoms with E-state index >= 15 is 0 Å². The van der Waals surface area contributed by atoms with Crippen molar-refractivity contribution in [2.24, 2.45) is 0 Å². The summed E-state index contributed by atoms with van der Waals surface area (Å²) in [6.07, 6.45) is 7.62. The normalized spacial score (nSPS) is 10.8. The van der Waals surface area contributed by atoms with E-state index in [1.54, 1.807) is 7.11 Å². The van der Waals surface area contributed by atoms with Gasteiger partial charge in [-0.2, -0.15) is 0 Å². The van der Waals surface area contributed by atoms with Crippen molar-refractivity contribution >= 4 is 0 Å². The molecule has 0 atom stereocenters. The van der Waals surface area contributed by atoms with Crippen LogP contribution in [0.2, 0.25) is 0 Å². The van der Waals surface area contributed by atoms with Gasteiger partial charge in [0, 0.05) is 13.1 Å². The molecule has 148 valence electrons. The molecule has 0 saturated heterocycles. The highest BCUT2D eigenvalue weighted by Gasteiger charge is 2.06. The monoisotopic (exact) mass is 369 g/mol. The highest BCUT2D eigenvalue weighted by molar-refractivity contribution is 5.43. The number of ether oxygens (including phenoxy) is 2. The Hall–Kier alpha value is -2.00. The summed E-state index contributed by atoms with van der Waals surface area (Å²) in [5, 5.41) is 3.51. The summed E-state index contributed by atoms with van der Waals surface area (Å²) in [5.74, 6) is 1.66. The van der Waals surface area contributed by atoms with Crippen LogP contribution in [0.1, 0.15) is 62.1 Å². The van der Waals surface area contributed by atoms with Crippen LogP contribution in [0.15, 0.2) is 42.5 Å². The van der Waals surface area contributed by atoms with Gasteiger partial charge >= 0.3 is 0 Å². The molecule has 2 rings (SSSR count). The van der Waals surface area contributed by atoms with E-state index < -0.39 is 0 Å². The van der Waals surface area contributed by atoms with Gasteiger partial charge in [0.05, 0.1) is 13.7 Å². The van der Waals surface area contributed by atoms with Gasteiger partial charge in [-0.3, -0.25) is 0 Å². The van der Waals surface area contributed by atoms with Crippen LogP contribution < -0.4 is 14.8 Å². The quantitative estimate of drug-likeness (QED) is 0.437. The van der Waals surface area contributed by atoms with Gasteiger partial charge in [-0.1, -0.05) is 69.4 Å². The van der Waals surface area contributed by atoms with E-state index in [4.69, 9.17) is 9.47 Å². The first-order valence-electron chi connectivity index (χ1n) is 10.3. The van der Waals surface area contributed by atoms with E-state index in [-0.39, 0.29) is 0 Å². The van der Waals surface area contributed by atoms with Crippen molar-refractivity contribution < 1.29 is 9.47 Å². The third-order valence-corrected chi connectivity index (χ3v) is 4.89. The van der Waals surface area contributed by atoms with Crippen molar-refractivity contribution in [2.45, 2.75) is 65.5 Å². The topological polar surface area (TPSA) is 30.5 Å². The molecule has 0 fully saturated rings. The first-order chi connectivity index (χ1) is 13.2. The third kappa shape index (κ3) is 7.64. The van der Waals surface area contributed by atoms with Crippen molar-refractivity contribution in [3.8, 4) is 11.5 Å². The first-order valence-corrected chi connectivity index (χ1v) is 10.3. The minimum Gasteiger partial charge on any atom is -0.493 e. The van der Waals surface area contributed by atoms with E-state index in [0.29, 0.717) is 0 Å². The van der Waals surface area contributed by atoms with Gasteiger partial charge in [-0.15, -0.1) is 0 Å². The Bertz CT molecular complexity index is 669. The molecule has 0 spiro atoms. The van der Waals surface area contributed by atoms with Gasteiger partial charge in [0.2, 0.25) is 0 Å². The van der Waals surface area contributed by atoms with Gasteiger partial charge in [-0.05, 0) is 42.2 Å². The van der Waals surface area contributed by atoms with Gasteiger partial charge in [0.15, 0.2) is 11.5 Å². The van der Waals surface area contributed by atoms with Gasteiger partial charge < -0.3 is 14.8 Å². The molecule has 0 aliphatic rings. The van der Waals surface area contributed by atoms with Crippen LogP contribution >= 0.6 is 0 Å². The minimum atomic E-state index is 0.757. The predicted molar refractivity (Wildman–Crippen MR) is 114 cm³/mol. The van der Waals surface area contributed by atoms with Crippen LogP contribution in [0.3, 0.4) is 0 Å². The summed E-state index contributed by atoms with van der Waals surface area (Å²) in [5.41, 5.74) is 3.86. The Morgan fingerprint density at radius 1 is 0.852 bits per heavy atom. The molecule has 0 bridgehead atoms. The summed E-state index contributed by atoms with van der Waals surface area (Å²) in [4.78, 5) is 0. The van der Waals surface area contributed by atoms with Crippen LogP contribution in [0.25, 0.3) is 0 Å². The number of hydrogen-bond donors (Lipinski definition) is 1. The lowest BCUT2D eigenvalue weighted by Crippen LogP contribution is -2.13. The Labute approximate surface area is 165 Å². The molecular weight excluding hydrogens is 334 g/mol. The van der Waals surface area contributed by atoms with E-state index in [1.165, 1.54) is 48.8 Å². The van der Waals surface area contributed by atoms with Crippen LogP contribution in [-0.4, -0.2) is 13.7 Å². The molecule has 0 aliphatic carbocycles. The first kappa shape index (κ1) is 21.3. The van der Waals surface area contributed by atoms with Crippen LogP contribution in [0.5, 0.6) is 11.5 Å². The van der Waals surface area contributed by atoms with Crippen LogP contribution in [0.4, 0.5) is 0 Å². The lowest BCUT2D eigenvalue weighted by Gasteiger charge is -2.13. The zero-order valence-corrected chi connectivity index (χ0v) is 17.2. The summed E-state index contributed by atoms with van der Waals surface area (Å²) in [6, 6.07) is 14.7. The predicted octanol–water partition coefficient (Wildman–Crippen LogP) is 6.03. The SMILES string of the molecule is CCCCCCCCOc1ccc(CNCc2ccccc2C)cc1OC. The summed E-state index contributed by atoms with van der Waals surface area (Å²) >= 11 is 0. The largest absolute Gasteiger partial charge is 0.493 e. The standard InChI is InChI=1S/C24H35NO2/c1-4-5-6-7-8-11-16-27-23-15-14-21(17-24(23)26-3)18-25-19-22-13-10-9-12-20(22)2/h9-10,12-15,17,25H,4-8,11,16,18-19H2,1-3H3. The van der Waals surface area contributed by atoms with E-state index in [0.717, 1.165) is 37.6 Å². The molecule has 3 nitrogen and oxygen atoms in total. The molecule has 0 aliphatic heterocycles. The van der Waals surface area contributed by atoms with Crippen molar-refractivity contribution in [1.82, 2.24) is 5.32 Å². The second kappa shape index (κ2) is 12.4. The fourth-order valence-corrected chi connectivity index (χ4v) is 3.16. The third-order valence-electron chi connectivity index (χ3n) is 4.89. The zero-order chi connectivity index (χ0) is 19.3. The minimum absolute atomic E-state index is 0.757. The van der Waals surface area contributed by atoms with E-state index in [2.05, 4.69) is 55.6 Å². The second-order valence-electron chi connectivity index (χ2n) is 7.13. The number of hydrogen-bond acceptors (Lipinski definition) is 3. The van der Waals surface area contributed by atoms with Crippen molar-refractivity contribution in [1.29, 1.82) is 0 Å². The zero-order valence-electron chi connectivity index (χ0n) is 17.2. The Morgan fingerprint density at radius 2 is 1.63 bits per heavy atom. The molecule has 2 aromatic rings. The molecule has 0 radical (unpaired) electrons. The van der Waals surface area contributed by atoms with Crippen LogP contribution in [0, 0.1) is 6.92 Å². The molecule has 0 unspecified atom stereocenters. The summed E-state index contributed by atoms with van der Waals surface area (Å²) in [7, 11) is 1.71. The molecule has 27 heavy (non-hydrogen) atoms. The van der Waals surface area contributed by atoms with Crippen molar-refractivity contribution in [3.05, 3.63) is 59.2 Å². The summed E-state index contributed by atoms with van der Waals surface area (Å²) in [6.45, 7) is 6.83. The number of methoxy groups -OCH3 is 1. The maximum absolute atomic E-state index is 5.93. The molecule has 3 heteroatoms. The average Bonchev–Trinajstić information content (AvgIpc) is 2.69. The Balaban J connectivity index is 1.76. The molecule has 0 amide bonds. The van der Waals surface area contributed by atoms with Gasteiger partial charge in [-0.25, -0.2) is 0 Å². The lowest BCUT2D eigenvalue weighted by molar-refractivity contribution is 0.284. The highest BCUT2D eigenvalue weighted by Crippen LogP contribution is 2.28. The maximum Gasteiger partial charge on any atom is 0.161 e. The van der Waals surface area contributed by atoms with Gasteiger partial charge in [0.1, 0.15) is 0 Å². The number of unbranched alkanes of at least 4 members (excludes halogenated alkanes) is 5. The number of benzene rings is 2. The fourth-order valence-electron chi connectivity index (χ4n) is 3.16. The Morgan fingerprint density at radius 3 is 2.41 bits per heavy atom. The maximum atomic E-state index is 5.93. The van der Waals surface area contributed by atoms with Crippen molar-refractivity contribution in [3.63, 3.8) is 0 Å². The van der Waals surface area contributed by atoms with Gasteiger partial charge in [0.25, 0.3) is 0 Å². The highest BCUT2D eigenvalue weighted by atomic mass is 16.5.